The number of halogens is 1. The summed E-state index contributed by atoms with van der Waals surface area (Å²) >= 11 is 6.29. The van der Waals surface area contributed by atoms with Gasteiger partial charge in [0.05, 0.1) is 30.5 Å². The van der Waals surface area contributed by atoms with E-state index in [1.807, 2.05) is 0 Å². The van der Waals surface area contributed by atoms with E-state index in [9.17, 15) is 4.79 Å². The van der Waals surface area contributed by atoms with E-state index >= 15 is 0 Å². The number of rotatable bonds is 4. The van der Waals surface area contributed by atoms with Gasteiger partial charge in [0.15, 0.2) is 11.5 Å². The first kappa shape index (κ1) is 17.4. The van der Waals surface area contributed by atoms with Crippen LogP contribution in [0.25, 0.3) is 0 Å². The number of fused-ring (bicyclic) bond motifs is 1. The van der Waals surface area contributed by atoms with Crippen molar-refractivity contribution in [2.75, 3.05) is 31.6 Å². The summed E-state index contributed by atoms with van der Waals surface area (Å²) in [7, 11) is 0. The van der Waals surface area contributed by atoms with Gasteiger partial charge in [-0.2, -0.15) is 0 Å². The molecule has 2 aliphatic heterocycles. The zero-order valence-electron chi connectivity index (χ0n) is 14.3. The molecule has 1 amide bonds. The molecule has 1 fully saturated rings. The molecule has 3 rings (SSSR count). The minimum Gasteiger partial charge on any atom is -0.490 e. The van der Waals surface area contributed by atoms with Crippen LogP contribution < -0.4 is 14.8 Å². The number of likely N-dealkylation sites (tertiary alicyclic amines) is 1. The van der Waals surface area contributed by atoms with Gasteiger partial charge in [0.1, 0.15) is 0 Å². The third-order valence-electron chi connectivity index (χ3n) is 5.03. The molecule has 0 radical (unpaired) electrons. The number of hydrogen-bond acceptors (Lipinski definition) is 4. The second kappa shape index (κ2) is 7.62. The lowest BCUT2D eigenvalue weighted by Crippen LogP contribution is -2.37. The second-order valence-corrected chi connectivity index (χ2v) is 6.95. The molecule has 0 aliphatic carbocycles. The fraction of sp³-hybridized carbons (Fsp3) is 0.611. The lowest BCUT2D eigenvalue weighted by Gasteiger charge is -2.23. The van der Waals surface area contributed by atoms with E-state index < -0.39 is 0 Å². The molecule has 1 N–H and O–H groups in total. The highest BCUT2D eigenvalue weighted by Crippen LogP contribution is 2.37. The molecule has 0 bridgehead atoms. The predicted octanol–water partition coefficient (Wildman–Crippen LogP) is 3.56. The van der Waals surface area contributed by atoms with Gasteiger partial charge in [-0.1, -0.05) is 24.9 Å². The highest BCUT2D eigenvalue weighted by atomic mass is 35.5. The fourth-order valence-corrected chi connectivity index (χ4v) is 3.70. The van der Waals surface area contributed by atoms with Crippen molar-refractivity contribution in [1.82, 2.24) is 4.90 Å². The molecule has 1 aromatic carbocycles. The van der Waals surface area contributed by atoms with E-state index in [-0.39, 0.29) is 5.91 Å². The summed E-state index contributed by atoms with van der Waals surface area (Å²) in [6.07, 6.45) is 3.16. The smallest absolute Gasteiger partial charge is 0.238 e. The highest BCUT2D eigenvalue weighted by Gasteiger charge is 2.30. The summed E-state index contributed by atoms with van der Waals surface area (Å²) in [6, 6.07) is 3.91. The van der Waals surface area contributed by atoms with Crippen LogP contribution in [0.15, 0.2) is 12.1 Å². The molecule has 2 aliphatic rings. The summed E-state index contributed by atoms with van der Waals surface area (Å²) in [4.78, 5) is 14.7. The van der Waals surface area contributed by atoms with Crippen LogP contribution >= 0.6 is 11.6 Å². The lowest BCUT2D eigenvalue weighted by atomic mass is 9.99. The van der Waals surface area contributed by atoms with Gasteiger partial charge >= 0.3 is 0 Å². The van der Waals surface area contributed by atoms with Crippen LogP contribution in [0.2, 0.25) is 5.02 Å². The SMILES string of the molecule is CC[C@@H]1CCN(CC(=O)Nc2cc3c(cc2Cl)OCCCO3)[C@H]1C. The number of carbonyl (C=O) groups excluding carboxylic acids is 1. The van der Waals surface area contributed by atoms with Gasteiger partial charge in [-0.05, 0) is 25.8 Å². The first-order valence-electron chi connectivity index (χ1n) is 8.71. The zero-order chi connectivity index (χ0) is 17.1. The average Bonchev–Trinajstić information content (AvgIpc) is 2.76. The van der Waals surface area contributed by atoms with E-state index in [0.29, 0.717) is 53.9 Å². The maximum Gasteiger partial charge on any atom is 0.238 e. The Kier molecular flexibility index (Phi) is 5.51. The van der Waals surface area contributed by atoms with Crippen molar-refractivity contribution >= 4 is 23.2 Å². The molecule has 1 aromatic rings. The molecule has 5 nitrogen and oxygen atoms in total. The number of carbonyl (C=O) groups is 1. The Morgan fingerprint density at radius 2 is 2.04 bits per heavy atom. The van der Waals surface area contributed by atoms with Crippen molar-refractivity contribution in [2.24, 2.45) is 5.92 Å². The van der Waals surface area contributed by atoms with Crippen LogP contribution in [0.1, 0.15) is 33.1 Å². The largest absolute Gasteiger partial charge is 0.490 e. The Balaban J connectivity index is 1.65. The number of ether oxygens (including phenoxy) is 2. The van der Waals surface area contributed by atoms with Gasteiger partial charge in [0.25, 0.3) is 0 Å². The summed E-state index contributed by atoms with van der Waals surface area (Å²) in [5.41, 5.74) is 0.574. The van der Waals surface area contributed by atoms with Crippen molar-refractivity contribution in [3.05, 3.63) is 17.2 Å². The molecule has 0 unspecified atom stereocenters. The van der Waals surface area contributed by atoms with E-state index in [1.54, 1.807) is 12.1 Å². The maximum absolute atomic E-state index is 12.4. The van der Waals surface area contributed by atoms with Crippen molar-refractivity contribution in [3.8, 4) is 11.5 Å². The van der Waals surface area contributed by atoms with Gasteiger partial charge < -0.3 is 14.8 Å². The number of hydrogen-bond donors (Lipinski definition) is 1. The lowest BCUT2D eigenvalue weighted by molar-refractivity contribution is -0.117. The van der Waals surface area contributed by atoms with Crippen LogP contribution in [-0.4, -0.2) is 43.2 Å². The quantitative estimate of drug-likeness (QED) is 0.900. The first-order valence-corrected chi connectivity index (χ1v) is 9.09. The van der Waals surface area contributed by atoms with E-state index in [4.69, 9.17) is 21.1 Å². The molecule has 0 aromatic heterocycles. The first-order chi connectivity index (χ1) is 11.6. The molecule has 0 spiro atoms. The van der Waals surface area contributed by atoms with Gasteiger partial charge in [-0.3, -0.25) is 9.69 Å². The Morgan fingerprint density at radius 1 is 1.33 bits per heavy atom. The third kappa shape index (κ3) is 3.78. The summed E-state index contributed by atoms with van der Waals surface area (Å²) in [5.74, 6) is 1.90. The standard InChI is InChI=1S/C18H25ClN2O3/c1-3-13-5-6-21(12(13)2)11-18(22)20-15-10-17-16(9-14(15)19)23-7-4-8-24-17/h9-10,12-13H,3-8,11H2,1-2H3,(H,20,22)/t12-,13+/m0/s1. The molecule has 1 saturated heterocycles. The van der Waals surface area contributed by atoms with Crippen LogP contribution in [0.5, 0.6) is 11.5 Å². The number of amides is 1. The van der Waals surface area contributed by atoms with Crippen LogP contribution in [0.4, 0.5) is 5.69 Å². The third-order valence-corrected chi connectivity index (χ3v) is 5.34. The molecular formula is C18H25ClN2O3. The molecule has 6 heteroatoms. The Bertz CT molecular complexity index is 608. The van der Waals surface area contributed by atoms with E-state index in [0.717, 1.165) is 25.8 Å². The highest BCUT2D eigenvalue weighted by molar-refractivity contribution is 6.34. The molecule has 24 heavy (non-hydrogen) atoms. The van der Waals surface area contributed by atoms with Crippen LogP contribution in [0, 0.1) is 5.92 Å². The summed E-state index contributed by atoms with van der Waals surface area (Å²) < 4.78 is 11.3. The predicted molar refractivity (Wildman–Crippen MR) is 95.1 cm³/mol. The topological polar surface area (TPSA) is 50.8 Å². The van der Waals surface area contributed by atoms with Crippen LogP contribution in [0.3, 0.4) is 0 Å². The van der Waals surface area contributed by atoms with E-state index in [2.05, 4.69) is 24.1 Å². The van der Waals surface area contributed by atoms with Gasteiger partial charge in [-0.15, -0.1) is 0 Å². The molecular weight excluding hydrogens is 328 g/mol. The van der Waals surface area contributed by atoms with Gasteiger partial charge in [0.2, 0.25) is 5.91 Å². The Labute approximate surface area is 148 Å². The molecule has 0 saturated carbocycles. The number of benzene rings is 1. The zero-order valence-corrected chi connectivity index (χ0v) is 15.1. The Morgan fingerprint density at radius 3 is 2.71 bits per heavy atom. The van der Waals surface area contributed by atoms with Crippen molar-refractivity contribution in [1.29, 1.82) is 0 Å². The van der Waals surface area contributed by atoms with Crippen molar-refractivity contribution in [2.45, 2.75) is 39.2 Å². The van der Waals surface area contributed by atoms with E-state index in [1.165, 1.54) is 0 Å². The fourth-order valence-electron chi connectivity index (χ4n) is 3.50. The summed E-state index contributed by atoms with van der Waals surface area (Å²) in [5, 5.41) is 3.38. The minimum absolute atomic E-state index is 0.0463. The molecule has 132 valence electrons. The minimum atomic E-state index is -0.0463. The van der Waals surface area contributed by atoms with Crippen LogP contribution in [-0.2, 0) is 4.79 Å². The number of nitrogens with one attached hydrogen (secondary N) is 1. The Hall–Kier alpha value is -1.46. The van der Waals surface area contributed by atoms with Gasteiger partial charge in [-0.25, -0.2) is 0 Å². The number of nitrogens with zero attached hydrogens (tertiary/aromatic N) is 1. The maximum atomic E-state index is 12.4. The molecule has 2 atom stereocenters. The number of anilines is 1. The molecule has 2 heterocycles. The van der Waals surface area contributed by atoms with Crippen molar-refractivity contribution in [3.63, 3.8) is 0 Å². The average molecular weight is 353 g/mol. The summed E-state index contributed by atoms with van der Waals surface area (Å²) in [6.45, 7) is 6.99. The van der Waals surface area contributed by atoms with Gasteiger partial charge in [0, 0.05) is 24.6 Å². The second-order valence-electron chi connectivity index (χ2n) is 6.55. The monoisotopic (exact) mass is 352 g/mol. The normalized spacial score (nSPS) is 23.8. The van der Waals surface area contributed by atoms with Crippen molar-refractivity contribution < 1.29 is 14.3 Å².